The van der Waals surface area contributed by atoms with E-state index < -0.39 is 0 Å². The lowest BCUT2D eigenvalue weighted by Gasteiger charge is -2.17. The molecule has 0 atom stereocenters. The van der Waals surface area contributed by atoms with Crippen LogP contribution < -0.4 is 10.5 Å². The van der Waals surface area contributed by atoms with Crippen LogP contribution in [0, 0.1) is 6.92 Å². The van der Waals surface area contributed by atoms with Gasteiger partial charge in [-0.2, -0.15) is 0 Å². The van der Waals surface area contributed by atoms with E-state index in [1.807, 2.05) is 32.2 Å². The largest absolute Gasteiger partial charge is 0.422 e. The zero-order valence-electron chi connectivity index (χ0n) is 13.7. The summed E-state index contributed by atoms with van der Waals surface area (Å²) in [6.07, 6.45) is 1.76. The Labute approximate surface area is 130 Å². The lowest BCUT2D eigenvalue weighted by molar-refractivity contribution is -0.117. The van der Waals surface area contributed by atoms with Crippen LogP contribution in [0.25, 0.3) is 11.0 Å². The van der Waals surface area contributed by atoms with Gasteiger partial charge in [0.25, 0.3) is 0 Å². The first-order chi connectivity index (χ1) is 10.4. The van der Waals surface area contributed by atoms with Gasteiger partial charge < -0.3 is 14.1 Å². The molecule has 0 bridgehead atoms. The van der Waals surface area contributed by atoms with Crippen molar-refractivity contribution in [1.29, 1.82) is 0 Å². The Hall–Kier alpha value is -2.10. The van der Waals surface area contributed by atoms with Gasteiger partial charge in [0.1, 0.15) is 11.4 Å². The average molecular weight is 301 g/mol. The fourth-order valence-corrected chi connectivity index (χ4v) is 2.61. The van der Waals surface area contributed by atoms with Crippen LogP contribution in [0.3, 0.4) is 0 Å². The van der Waals surface area contributed by atoms with Crippen LogP contribution in [0.4, 0.5) is 5.69 Å². The molecular formula is C18H23NO3. The minimum absolute atomic E-state index is 0.148. The van der Waals surface area contributed by atoms with Crippen molar-refractivity contribution in [2.24, 2.45) is 0 Å². The molecule has 4 nitrogen and oxygen atoms in total. The van der Waals surface area contributed by atoms with Crippen LogP contribution in [-0.4, -0.2) is 19.4 Å². The van der Waals surface area contributed by atoms with Crippen molar-refractivity contribution in [3.63, 3.8) is 0 Å². The number of carbonyl (C=O) groups excluding carboxylic acids is 1. The van der Waals surface area contributed by atoms with Crippen molar-refractivity contribution in [3.05, 3.63) is 39.7 Å². The molecule has 0 aliphatic rings. The number of hydrogen-bond acceptors (Lipinski definition) is 4. The van der Waals surface area contributed by atoms with E-state index >= 15 is 0 Å². The number of aryl methyl sites for hydroxylation is 1. The van der Waals surface area contributed by atoms with Crippen molar-refractivity contribution >= 4 is 22.4 Å². The zero-order valence-corrected chi connectivity index (χ0v) is 13.7. The predicted octanol–water partition coefficient (Wildman–Crippen LogP) is 3.47. The van der Waals surface area contributed by atoms with E-state index in [1.165, 1.54) is 0 Å². The fourth-order valence-electron chi connectivity index (χ4n) is 2.61. The molecule has 0 aliphatic heterocycles. The van der Waals surface area contributed by atoms with E-state index in [1.54, 1.807) is 6.92 Å². The van der Waals surface area contributed by atoms with Gasteiger partial charge in [-0.15, -0.1) is 0 Å². The summed E-state index contributed by atoms with van der Waals surface area (Å²) in [5, 5.41) is 0.964. The monoisotopic (exact) mass is 301 g/mol. The Kier molecular flexibility index (Phi) is 5.01. The molecule has 0 saturated heterocycles. The van der Waals surface area contributed by atoms with Crippen LogP contribution in [-0.2, 0) is 11.2 Å². The molecule has 2 rings (SSSR count). The van der Waals surface area contributed by atoms with E-state index in [4.69, 9.17) is 4.42 Å². The first-order valence-corrected chi connectivity index (χ1v) is 7.71. The molecule has 0 aliphatic carbocycles. The van der Waals surface area contributed by atoms with Crippen LogP contribution in [0.2, 0.25) is 0 Å². The molecule has 0 amide bonds. The van der Waals surface area contributed by atoms with E-state index in [9.17, 15) is 9.59 Å². The Bertz CT molecular complexity index is 746. The van der Waals surface area contributed by atoms with Crippen molar-refractivity contribution in [1.82, 2.24) is 0 Å². The molecular weight excluding hydrogens is 278 g/mol. The lowest BCUT2D eigenvalue weighted by atomic mass is 10.0. The number of benzene rings is 1. The highest BCUT2D eigenvalue weighted by Gasteiger charge is 2.12. The van der Waals surface area contributed by atoms with Gasteiger partial charge in [-0.1, -0.05) is 0 Å². The molecule has 0 N–H and O–H groups in total. The van der Waals surface area contributed by atoms with E-state index in [2.05, 4.69) is 11.8 Å². The number of Topliss-reactive ketones (excluding diaryl/α,β-unsaturated/α-hetero) is 1. The Morgan fingerprint density at radius 1 is 1.32 bits per heavy atom. The third kappa shape index (κ3) is 3.38. The third-order valence-corrected chi connectivity index (χ3v) is 4.14. The van der Waals surface area contributed by atoms with Gasteiger partial charge in [0.2, 0.25) is 0 Å². The molecule has 1 heterocycles. The number of fused-ring (bicyclic) bond motifs is 1. The highest BCUT2D eigenvalue weighted by Crippen LogP contribution is 2.25. The van der Waals surface area contributed by atoms with Crippen LogP contribution in [0.5, 0.6) is 0 Å². The van der Waals surface area contributed by atoms with E-state index in [-0.39, 0.29) is 11.4 Å². The summed E-state index contributed by atoms with van der Waals surface area (Å²) < 4.78 is 5.50. The molecule has 0 radical (unpaired) electrons. The molecule has 2 aromatic rings. The number of rotatable bonds is 6. The van der Waals surface area contributed by atoms with Gasteiger partial charge in [0, 0.05) is 42.7 Å². The SMILES string of the molecule is CCN(C)c1ccc2c(C)c(CCCC(C)=O)c(=O)oc2c1. The quantitative estimate of drug-likeness (QED) is 0.767. The Morgan fingerprint density at radius 2 is 2.05 bits per heavy atom. The predicted molar refractivity (Wildman–Crippen MR) is 89.8 cm³/mol. The van der Waals surface area contributed by atoms with E-state index in [0.29, 0.717) is 30.4 Å². The summed E-state index contributed by atoms with van der Waals surface area (Å²) >= 11 is 0. The van der Waals surface area contributed by atoms with E-state index in [0.717, 1.165) is 23.2 Å². The van der Waals surface area contributed by atoms with Crippen LogP contribution >= 0.6 is 0 Å². The molecule has 0 unspecified atom stereocenters. The number of anilines is 1. The summed E-state index contributed by atoms with van der Waals surface area (Å²) in [6, 6.07) is 5.95. The molecule has 4 heteroatoms. The highest BCUT2D eigenvalue weighted by molar-refractivity contribution is 5.84. The second-order valence-corrected chi connectivity index (χ2v) is 5.74. The summed E-state index contributed by atoms with van der Waals surface area (Å²) in [5.41, 5.74) is 3.01. The summed E-state index contributed by atoms with van der Waals surface area (Å²) in [5.74, 6) is 0.148. The maximum Gasteiger partial charge on any atom is 0.339 e. The van der Waals surface area contributed by atoms with Gasteiger partial charge in [-0.25, -0.2) is 4.79 Å². The highest BCUT2D eigenvalue weighted by atomic mass is 16.4. The minimum Gasteiger partial charge on any atom is -0.422 e. The van der Waals surface area contributed by atoms with Crippen molar-refractivity contribution in [2.45, 2.75) is 40.0 Å². The second-order valence-electron chi connectivity index (χ2n) is 5.74. The zero-order chi connectivity index (χ0) is 16.3. The first kappa shape index (κ1) is 16.3. The minimum atomic E-state index is -0.287. The summed E-state index contributed by atoms with van der Waals surface area (Å²) in [7, 11) is 2.00. The van der Waals surface area contributed by atoms with Gasteiger partial charge >= 0.3 is 5.63 Å². The third-order valence-electron chi connectivity index (χ3n) is 4.14. The number of ketones is 1. The smallest absolute Gasteiger partial charge is 0.339 e. The molecule has 0 saturated carbocycles. The molecule has 1 aromatic heterocycles. The van der Waals surface area contributed by atoms with Gasteiger partial charge in [0.05, 0.1) is 0 Å². The fraction of sp³-hybridized carbons (Fsp3) is 0.444. The molecule has 0 fully saturated rings. The van der Waals surface area contributed by atoms with Crippen LogP contribution in [0.1, 0.15) is 37.8 Å². The average Bonchev–Trinajstić information content (AvgIpc) is 2.48. The number of hydrogen-bond donors (Lipinski definition) is 0. The van der Waals surface area contributed by atoms with Gasteiger partial charge in [0.15, 0.2) is 0 Å². The summed E-state index contributed by atoms with van der Waals surface area (Å²) in [4.78, 5) is 25.3. The van der Waals surface area contributed by atoms with Gasteiger partial charge in [-0.05, 0) is 51.3 Å². The molecule has 0 spiro atoms. The second kappa shape index (κ2) is 6.77. The Balaban J connectivity index is 2.41. The normalized spacial score (nSPS) is 10.9. The maximum atomic E-state index is 12.2. The molecule has 22 heavy (non-hydrogen) atoms. The standard InChI is InChI=1S/C18H23NO3/c1-5-19(4)14-9-10-15-13(3)16(8-6-7-12(2)20)18(21)22-17(15)11-14/h9-11H,5-8H2,1-4H3. The summed E-state index contributed by atoms with van der Waals surface area (Å²) in [6.45, 7) is 6.48. The van der Waals surface area contributed by atoms with Crippen molar-refractivity contribution in [2.75, 3.05) is 18.5 Å². The topological polar surface area (TPSA) is 50.5 Å². The van der Waals surface area contributed by atoms with Crippen molar-refractivity contribution < 1.29 is 9.21 Å². The van der Waals surface area contributed by atoms with Crippen LogP contribution in [0.15, 0.2) is 27.4 Å². The lowest BCUT2D eigenvalue weighted by Crippen LogP contribution is -2.16. The van der Waals surface area contributed by atoms with Crippen molar-refractivity contribution in [3.8, 4) is 0 Å². The first-order valence-electron chi connectivity index (χ1n) is 7.71. The number of carbonyl (C=O) groups is 1. The maximum absolute atomic E-state index is 12.2. The Morgan fingerprint density at radius 3 is 2.68 bits per heavy atom. The molecule has 118 valence electrons. The molecule has 1 aromatic carbocycles. The van der Waals surface area contributed by atoms with Gasteiger partial charge in [-0.3, -0.25) is 0 Å². The number of nitrogens with zero attached hydrogens (tertiary/aromatic N) is 1.